The van der Waals surface area contributed by atoms with Crippen molar-refractivity contribution in [2.45, 2.75) is 37.2 Å². The first-order valence-corrected chi connectivity index (χ1v) is 11.7. The quantitative estimate of drug-likeness (QED) is 0.279. The third-order valence-electron chi connectivity index (χ3n) is 5.61. The van der Waals surface area contributed by atoms with Gasteiger partial charge in [0.1, 0.15) is 5.65 Å². The van der Waals surface area contributed by atoms with E-state index in [0.29, 0.717) is 13.0 Å². The number of nitrogens with zero attached hydrogens (tertiary/aromatic N) is 3. The highest BCUT2D eigenvalue weighted by Gasteiger charge is 2.22. The smallest absolute Gasteiger partial charge is 0.233 e. The van der Waals surface area contributed by atoms with E-state index in [0.717, 1.165) is 38.3 Å². The normalized spacial score (nSPS) is 12.4. The van der Waals surface area contributed by atoms with Gasteiger partial charge in [-0.05, 0) is 43.2 Å². The highest BCUT2D eigenvalue weighted by Crippen LogP contribution is 2.31. The Kier molecular flexibility index (Phi) is 5.53. The van der Waals surface area contributed by atoms with Gasteiger partial charge in [0, 0.05) is 11.9 Å². The lowest BCUT2D eigenvalue weighted by Gasteiger charge is -2.16. The van der Waals surface area contributed by atoms with Gasteiger partial charge in [-0.15, -0.1) is 0 Å². The van der Waals surface area contributed by atoms with Crippen molar-refractivity contribution in [3.05, 3.63) is 83.9 Å². The molecule has 2 heterocycles. The molecule has 0 radical (unpaired) electrons. The molecule has 0 saturated carbocycles. The van der Waals surface area contributed by atoms with Crippen LogP contribution in [0.2, 0.25) is 0 Å². The predicted molar refractivity (Wildman–Crippen MR) is 131 cm³/mol. The van der Waals surface area contributed by atoms with Crippen LogP contribution in [-0.4, -0.2) is 25.5 Å². The zero-order valence-corrected chi connectivity index (χ0v) is 18.9. The standard InChI is InChI=1S/C26H24N4OS/c1-3-23(25(31)27-16-18-14-12-17(2)13-15-18)32-26-29-20-9-5-4-8-19(20)24-28-21-10-6-7-11-22(21)30(24)26/h4-15,23H,3,16H2,1-2H3,(H,27,31)/t23-/m1/s1. The van der Waals surface area contributed by atoms with Crippen LogP contribution in [0.3, 0.4) is 0 Å². The van der Waals surface area contributed by atoms with Gasteiger partial charge in [0.05, 0.1) is 21.8 Å². The van der Waals surface area contributed by atoms with Crippen LogP contribution in [0, 0.1) is 6.92 Å². The van der Waals surface area contributed by atoms with Crippen LogP contribution in [0.5, 0.6) is 0 Å². The molecule has 0 aliphatic rings. The number of imidazole rings is 1. The average molecular weight is 441 g/mol. The fourth-order valence-corrected chi connectivity index (χ4v) is 4.90. The van der Waals surface area contributed by atoms with Crippen molar-refractivity contribution in [2.75, 3.05) is 0 Å². The van der Waals surface area contributed by atoms with Crippen LogP contribution in [0.15, 0.2) is 78.0 Å². The Morgan fingerprint density at radius 1 is 0.969 bits per heavy atom. The summed E-state index contributed by atoms with van der Waals surface area (Å²) < 4.78 is 2.08. The minimum Gasteiger partial charge on any atom is -0.351 e. The monoisotopic (exact) mass is 440 g/mol. The third-order valence-corrected chi connectivity index (χ3v) is 6.93. The number of rotatable bonds is 6. The number of carbonyl (C=O) groups excluding carboxylic acids is 1. The molecule has 1 N–H and O–H groups in total. The minimum atomic E-state index is -0.251. The summed E-state index contributed by atoms with van der Waals surface area (Å²) in [5.41, 5.74) is 5.97. The molecule has 0 fully saturated rings. The molecule has 5 nitrogen and oxygen atoms in total. The van der Waals surface area contributed by atoms with Crippen LogP contribution in [0.25, 0.3) is 27.6 Å². The molecular weight excluding hydrogens is 416 g/mol. The van der Waals surface area contributed by atoms with Crippen LogP contribution in [0.4, 0.5) is 0 Å². The van der Waals surface area contributed by atoms with E-state index in [1.165, 1.54) is 17.3 Å². The Hall–Kier alpha value is -3.38. The number of hydrogen-bond donors (Lipinski definition) is 1. The largest absolute Gasteiger partial charge is 0.351 e. The fourth-order valence-electron chi connectivity index (χ4n) is 3.85. The Morgan fingerprint density at radius 3 is 2.47 bits per heavy atom. The van der Waals surface area contributed by atoms with Crippen LogP contribution >= 0.6 is 11.8 Å². The summed E-state index contributed by atoms with van der Waals surface area (Å²) in [6.45, 7) is 4.61. The molecule has 5 rings (SSSR count). The zero-order valence-electron chi connectivity index (χ0n) is 18.1. The maximum Gasteiger partial charge on any atom is 0.233 e. The summed E-state index contributed by atoms with van der Waals surface area (Å²) in [7, 11) is 0. The van der Waals surface area contributed by atoms with E-state index in [1.54, 1.807) is 0 Å². The molecule has 6 heteroatoms. The Labute approximate surface area is 190 Å². The minimum absolute atomic E-state index is 0.0191. The molecule has 0 aliphatic carbocycles. The number of thioether (sulfide) groups is 1. The lowest BCUT2D eigenvalue weighted by atomic mass is 10.1. The molecule has 1 atom stereocenters. The molecule has 1 amide bonds. The maximum atomic E-state index is 13.0. The summed E-state index contributed by atoms with van der Waals surface area (Å²) in [6.07, 6.45) is 0.701. The lowest BCUT2D eigenvalue weighted by Crippen LogP contribution is -2.32. The third kappa shape index (κ3) is 3.82. The molecule has 5 aromatic rings. The Morgan fingerprint density at radius 2 is 1.69 bits per heavy atom. The fraction of sp³-hybridized carbons (Fsp3) is 0.192. The number of aryl methyl sites for hydroxylation is 1. The highest BCUT2D eigenvalue weighted by molar-refractivity contribution is 8.00. The summed E-state index contributed by atoms with van der Waals surface area (Å²) >= 11 is 1.50. The predicted octanol–water partition coefficient (Wildman–Crippen LogP) is 5.53. The van der Waals surface area contributed by atoms with Crippen molar-refractivity contribution in [3.8, 4) is 0 Å². The van der Waals surface area contributed by atoms with Crippen molar-refractivity contribution in [2.24, 2.45) is 0 Å². The second-order valence-electron chi connectivity index (χ2n) is 7.89. The van der Waals surface area contributed by atoms with Gasteiger partial charge in [0.25, 0.3) is 0 Å². The summed E-state index contributed by atoms with van der Waals surface area (Å²) in [5.74, 6) is 0.0191. The number of hydrogen-bond acceptors (Lipinski definition) is 4. The van der Waals surface area contributed by atoms with E-state index in [-0.39, 0.29) is 11.2 Å². The van der Waals surface area contributed by atoms with E-state index < -0.39 is 0 Å². The summed E-state index contributed by atoms with van der Waals surface area (Å²) in [5, 5.41) is 4.63. The van der Waals surface area contributed by atoms with Crippen molar-refractivity contribution in [1.82, 2.24) is 19.7 Å². The van der Waals surface area contributed by atoms with Gasteiger partial charge in [-0.25, -0.2) is 9.97 Å². The SMILES string of the molecule is CC[C@@H](Sc1nc2ccccc2c2nc3ccccc3n12)C(=O)NCc1ccc(C)cc1. The second-order valence-corrected chi connectivity index (χ2v) is 9.06. The maximum absolute atomic E-state index is 13.0. The first-order chi connectivity index (χ1) is 15.6. The highest BCUT2D eigenvalue weighted by atomic mass is 32.2. The Bertz CT molecular complexity index is 1430. The van der Waals surface area contributed by atoms with E-state index in [1.807, 2.05) is 55.5 Å². The number of para-hydroxylation sites is 3. The van der Waals surface area contributed by atoms with E-state index >= 15 is 0 Å². The lowest BCUT2D eigenvalue weighted by molar-refractivity contribution is -0.120. The van der Waals surface area contributed by atoms with Gasteiger partial charge in [-0.3, -0.25) is 9.20 Å². The van der Waals surface area contributed by atoms with Gasteiger partial charge >= 0.3 is 0 Å². The first-order valence-electron chi connectivity index (χ1n) is 10.8. The number of amides is 1. The van der Waals surface area contributed by atoms with Crippen LogP contribution in [0.1, 0.15) is 24.5 Å². The van der Waals surface area contributed by atoms with Gasteiger partial charge in [0.2, 0.25) is 5.91 Å². The molecule has 0 saturated heterocycles. The van der Waals surface area contributed by atoms with E-state index in [4.69, 9.17) is 9.97 Å². The summed E-state index contributed by atoms with van der Waals surface area (Å²) in [4.78, 5) is 22.8. The molecule has 3 aromatic carbocycles. The number of aromatic nitrogens is 3. The van der Waals surface area contributed by atoms with Gasteiger partial charge < -0.3 is 5.32 Å². The Balaban J connectivity index is 1.49. The van der Waals surface area contributed by atoms with Gasteiger partial charge in [0.15, 0.2) is 5.16 Å². The van der Waals surface area contributed by atoms with Crippen molar-refractivity contribution < 1.29 is 4.79 Å². The van der Waals surface area contributed by atoms with Crippen LogP contribution in [-0.2, 0) is 11.3 Å². The van der Waals surface area contributed by atoms with Crippen LogP contribution < -0.4 is 5.32 Å². The number of benzene rings is 3. The average Bonchev–Trinajstić information content (AvgIpc) is 3.22. The molecule has 0 aliphatic heterocycles. The van der Waals surface area contributed by atoms with Crippen molar-refractivity contribution >= 4 is 45.3 Å². The number of nitrogens with one attached hydrogen (secondary N) is 1. The number of fused-ring (bicyclic) bond motifs is 5. The van der Waals surface area contributed by atoms with Gasteiger partial charge in [-0.2, -0.15) is 0 Å². The second kappa shape index (κ2) is 8.63. The number of carbonyl (C=O) groups is 1. The topological polar surface area (TPSA) is 59.3 Å². The molecule has 0 unspecified atom stereocenters. The molecule has 2 aromatic heterocycles. The van der Waals surface area contributed by atoms with E-state index in [2.05, 4.69) is 40.9 Å². The molecule has 0 bridgehead atoms. The molecule has 0 spiro atoms. The summed E-state index contributed by atoms with van der Waals surface area (Å²) in [6, 6.07) is 24.3. The van der Waals surface area contributed by atoms with Crippen molar-refractivity contribution in [1.29, 1.82) is 0 Å². The first kappa shape index (κ1) is 20.5. The molecule has 160 valence electrons. The molecular formula is C26H24N4OS. The van der Waals surface area contributed by atoms with Gasteiger partial charge in [-0.1, -0.05) is 72.8 Å². The van der Waals surface area contributed by atoms with E-state index in [9.17, 15) is 4.79 Å². The zero-order chi connectivity index (χ0) is 22.1. The molecule has 32 heavy (non-hydrogen) atoms. The van der Waals surface area contributed by atoms with Crippen molar-refractivity contribution in [3.63, 3.8) is 0 Å².